The van der Waals surface area contributed by atoms with Crippen LogP contribution in [0.2, 0.25) is 10.0 Å². The molecule has 0 heterocycles. The SMILES string of the molecule is CCOC(=O)c1cc(Cl)cc(OC(C)C)c1Cl. The Hall–Kier alpha value is -0.930. The van der Waals surface area contributed by atoms with Gasteiger partial charge in [0.15, 0.2) is 0 Å². The molecule has 0 N–H and O–H groups in total. The molecule has 0 fully saturated rings. The van der Waals surface area contributed by atoms with Gasteiger partial charge in [-0.2, -0.15) is 0 Å². The van der Waals surface area contributed by atoms with Crippen LogP contribution in [-0.2, 0) is 4.74 Å². The third-order valence-electron chi connectivity index (χ3n) is 1.86. The summed E-state index contributed by atoms with van der Waals surface area (Å²) in [7, 11) is 0. The molecule has 0 spiro atoms. The lowest BCUT2D eigenvalue weighted by Gasteiger charge is -2.14. The Morgan fingerprint density at radius 2 is 2.00 bits per heavy atom. The zero-order valence-electron chi connectivity index (χ0n) is 9.92. The van der Waals surface area contributed by atoms with Crippen LogP contribution in [0.15, 0.2) is 12.1 Å². The Balaban J connectivity index is 3.13. The Morgan fingerprint density at radius 1 is 1.35 bits per heavy atom. The Kier molecular flexibility index (Phi) is 5.09. The van der Waals surface area contributed by atoms with Crippen molar-refractivity contribution in [2.24, 2.45) is 0 Å². The van der Waals surface area contributed by atoms with Crippen LogP contribution in [0.1, 0.15) is 31.1 Å². The van der Waals surface area contributed by atoms with Crippen molar-refractivity contribution < 1.29 is 14.3 Å². The first-order valence-electron chi connectivity index (χ1n) is 5.28. The summed E-state index contributed by atoms with van der Waals surface area (Å²) in [6.45, 7) is 5.73. The average molecular weight is 277 g/mol. The van der Waals surface area contributed by atoms with E-state index in [4.69, 9.17) is 32.7 Å². The fourth-order valence-electron chi connectivity index (χ4n) is 1.26. The summed E-state index contributed by atoms with van der Waals surface area (Å²) in [4.78, 5) is 11.6. The normalized spacial score (nSPS) is 10.5. The maximum atomic E-state index is 11.6. The molecule has 0 bridgehead atoms. The van der Waals surface area contributed by atoms with Gasteiger partial charge in [0.05, 0.1) is 23.3 Å². The van der Waals surface area contributed by atoms with E-state index in [1.807, 2.05) is 13.8 Å². The number of hydrogen-bond acceptors (Lipinski definition) is 3. The number of rotatable bonds is 4. The van der Waals surface area contributed by atoms with Crippen molar-refractivity contribution in [2.45, 2.75) is 26.9 Å². The smallest absolute Gasteiger partial charge is 0.339 e. The van der Waals surface area contributed by atoms with Crippen LogP contribution in [-0.4, -0.2) is 18.7 Å². The highest BCUT2D eigenvalue weighted by Crippen LogP contribution is 2.33. The van der Waals surface area contributed by atoms with Gasteiger partial charge in [0.1, 0.15) is 5.75 Å². The molecular formula is C12H14Cl2O3. The molecule has 1 aromatic carbocycles. The predicted octanol–water partition coefficient (Wildman–Crippen LogP) is 3.96. The Bertz CT molecular complexity index is 416. The zero-order chi connectivity index (χ0) is 13.0. The Labute approximate surface area is 111 Å². The molecule has 1 rings (SSSR count). The van der Waals surface area contributed by atoms with E-state index in [2.05, 4.69) is 0 Å². The number of ether oxygens (including phenoxy) is 2. The Morgan fingerprint density at radius 3 is 2.53 bits per heavy atom. The second-order valence-corrected chi connectivity index (χ2v) is 4.47. The third kappa shape index (κ3) is 3.79. The fraction of sp³-hybridized carbons (Fsp3) is 0.417. The highest BCUT2D eigenvalue weighted by Gasteiger charge is 2.17. The predicted molar refractivity (Wildman–Crippen MR) is 68.2 cm³/mol. The van der Waals surface area contributed by atoms with Crippen LogP contribution in [0.4, 0.5) is 0 Å². The van der Waals surface area contributed by atoms with E-state index < -0.39 is 5.97 Å². The lowest BCUT2D eigenvalue weighted by atomic mass is 10.2. The summed E-state index contributed by atoms with van der Waals surface area (Å²) in [5, 5.41) is 0.606. The van der Waals surface area contributed by atoms with Crippen molar-refractivity contribution in [3.8, 4) is 5.75 Å². The van der Waals surface area contributed by atoms with E-state index >= 15 is 0 Å². The molecule has 0 aromatic heterocycles. The molecule has 0 saturated carbocycles. The van der Waals surface area contributed by atoms with Gasteiger partial charge in [0.2, 0.25) is 0 Å². The van der Waals surface area contributed by atoms with Crippen molar-refractivity contribution >= 4 is 29.2 Å². The molecule has 1 aromatic rings. The standard InChI is InChI=1S/C12H14Cl2O3/c1-4-16-12(15)9-5-8(13)6-10(11(9)14)17-7(2)3/h5-7H,4H2,1-3H3. The van der Waals surface area contributed by atoms with Gasteiger partial charge in [-0.3, -0.25) is 0 Å². The third-order valence-corrected chi connectivity index (χ3v) is 2.47. The molecule has 0 saturated heterocycles. The molecule has 94 valence electrons. The van der Waals surface area contributed by atoms with Gasteiger partial charge in [-0.15, -0.1) is 0 Å². The topological polar surface area (TPSA) is 35.5 Å². The maximum Gasteiger partial charge on any atom is 0.339 e. The summed E-state index contributed by atoms with van der Waals surface area (Å²) in [6.07, 6.45) is -0.0546. The number of hydrogen-bond donors (Lipinski definition) is 0. The van der Waals surface area contributed by atoms with E-state index in [0.29, 0.717) is 10.8 Å². The number of benzene rings is 1. The fourth-order valence-corrected chi connectivity index (χ4v) is 1.70. The summed E-state index contributed by atoms with van der Waals surface area (Å²) in [5.41, 5.74) is 0.219. The highest BCUT2D eigenvalue weighted by molar-refractivity contribution is 6.37. The van der Waals surface area contributed by atoms with Gasteiger partial charge >= 0.3 is 5.97 Å². The summed E-state index contributed by atoms with van der Waals surface area (Å²) >= 11 is 12.0. The minimum atomic E-state index is -0.506. The molecule has 0 aliphatic carbocycles. The van der Waals surface area contributed by atoms with Crippen LogP contribution in [0.5, 0.6) is 5.75 Å². The number of halogens is 2. The number of carbonyl (C=O) groups excluding carboxylic acids is 1. The molecule has 0 amide bonds. The molecule has 3 nitrogen and oxygen atoms in total. The first-order chi connectivity index (χ1) is 7.95. The lowest BCUT2D eigenvalue weighted by Crippen LogP contribution is -2.09. The van der Waals surface area contributed by atoms with E-state index in [1.54, 1.807) is 13.0 Å². The highest BCUT2D eigenvalue weighted by atomic mass is 35.5. The molecule has 17 heavy (non-hydrogen) atoms. The second kappa shape index (κ2) is 6.12. The minimum absolute atomic E-state index is 0.0546. The van der Waals surface area contributed by atoms with Gasteiger partial charge in [0, 0.05) is 11.1 Å². The molecule has 0 aliphatic rings. The van der Waals surface area contributed by atoms with Gasteiger partial charge in [-0.1, -0.05) is 23.2 Å². The van der Waals surface area contributed by atoms with Crippen molar-refractivity contribution in [3.63, 3.8) is 0 Å². The molecule has 0 atom stereocenters. The van der Waals surface area contributed by atoms with Crippen LogP contribution < -0.4 is 4.74 Å². The largest absolute Gasteiger partial charge is 0.489 e. The lowest BCUT2D eigenvalue weighted by molar-refractivity contribution is 0.0526. The van der Waals surface area contributed by atoms with E-state index in [9.17, 15) is 4.79 Å². The first kappa shape index (κ1) is 14.1. The average Bonchev–Trinajstić information content (AvgIpc) is 2.22. The van der Waals surface area contributed by atoms with Gasteiger partial charge in [-0.05, 0) is 26.8 Å². The van der Waals surface area contributed by atoms with E-state index in [0.717, 1.165) is 0 Å². The second-order valence-electron chi connectivity index (χ2n) is 3.65. The first-order valence-corrected chi connectivity index (χ1v) is 6.04. The van der Waals surface area contributed by atoms with Gasteiger partial charge in [-0.25, -0.2) is 4.79 Å². The van der Waals surface area contributed by atoms with Gasteiger partial charge < -0.3 is 9.47 Å². The van der Waals surface area contributed by atoms with E-state index in [-0.39, 0.29) is 23.3 Å². The van der Waals surface area contributed by atoms with Crippen molar-refractivity contribution in [2.75, 3.05) is 6.61 Å². The summed E-state index contributed by atoms with van der Waals surface area (Å²) in [5.74, 6) is -0.120. The minimum Gasteiger partial charge on any atom is -0.489 e. The van der Waals surface area contributed by atoms with Gasteiger partial charge in [0.25, 0.3) is 0 Å². The maximum absolute atomic E-state index is 11.6. The van der Waals surface area contributed by atoms with Crippen LogP contribution >= 0.6 is 23.2 Å². The molecule has 0 radical (unpaired) electrons. The molecule has 5 heteroatoms. The van der Waals surface area contributed by atoms with Crippen LogP contribution in [0, 0.1) is 0 Å². The van der Waals surface area contributed by atoms with Crippen molar-refractivity contribution in [3.05, 3.63) is 27.7 Å². The van der Waals surface area contributed by atoms with E-state index in [1.165, 1.54) is 6.07 Å². The van der Waals surface area contributed by atoms with Crippen LogP contribution in [0.25, 0.3) is 0 Å². The monoisotopic (exact) mass is 276 g/mol. The van der Waals surface area contributed by atoms with Crippen molar-refractivity contribution in [1.82, 2.24) is 0 Å². The molecule has 0 aliphatic heterocycles. The number of carbonyl (C=O) groups is 1. The van der Waals surface area contributed by atoms with Crippen LogP contribution in [0.3, 0.4) is 0 Å². The number of esters is 1. The summed E-state index contributed by atoms with van der Waals surface area (Å²) in [6, 6.07) is 3.04. The van der Waals surface area contributed by atoms with Crippen molar-refractivity contribution in [1.29, 1.82) is 0 Å². The molecule has 0 unspecified atom stereocenters. The molecular weight excluding hydrogens is 263 g/mol. The zero-order valence-corrected chi connectivity index (χ0v) is 11.4. The quantitative estimate of drug-likeness (QED) is 0.781. The summed E-state index contributed by atoms with van der Waals surface area (Å²) < 4.78 is 10.4.